The summed E-state index contributed by atoms with van der Waals surface area (Å²) in [7, 11) is 0. The number of amides is 1. The SMILES string of the molecule is Cc1ccc2nc(C3CC3)cc(C(=O)N3CC[C@@H]4CNC[C@@H]4CC3)c2c1.Cl.Cl. The predicted octanol–water partition coefficient (Wildman–Crippen LogP) is 4.34. The molecule has 3 heterocycles. The summed E-state index contributed by atoms with van der Waals surface area (Å²) in [4.78, 5) is 20.4. The van der Waals surface area contributed by atoms with Gasteiger partial charge >= 0.3 is 0 Å². The Bertz CT molecular complexity index is 854. The van der Waals surface area contributed by atoms with Gasteiger partial charge in [-0.3, -0.25) is 9.78 Å². The number of likely N-dealkylation sites (tertiary alicyclic amines) is 1. The van der Waals surface area contributed by atoms with Gasteiger partial charge in [0.25, 0.3) is 5.91 Å². The van der Waals surface area contributed by atoms with Crippen molar-refractivity contribution in [3.63, 3.8) is 0 Å². The molecule has 6 heteroatoms. The molecule has 1 aliphatic carbocycles. The van der Waals surface area contributed by atoms with Gasteiger partial charge in [0.2, 0.25) is 0 Å². The molecule has 2 saturated heterocycles. The predicted molar refractivity (Wildman–Crippen MR) is 118 cm³/mol. The molecule has 0 bridgehead atoms. The maximum Gasteiger partial charge on any atom is 0.254 e. The van der Waals surface area contributed by atoms with E-state index >= 15 is 0 Å². The Morgan fingerprint density at radius 1 is 1.04 bits per heavy atom. The molecule has 5 rings (SSSR count). The number of pyridine rings is 1. The van der Waals surface area contributed by atoms with Gasteiger partial charge in [0, 0.05) is 30.1 Å². The highest BCUT2D eigenvalue weighted by Crippen LogP contribution is 2.40. The van der Waals surface area contributed by atoms with E-state index in [1.807, 2.05) is 0 Å². The van der Waals surface area contributed by atoms with Crippen molar-refractivity contribution in [2.24, 2.45) is 11.8 Å². The van der Waals surface area contributed by atoms with E-state index in [-0.39, 0.29) is 30.7 Å². The molecule has 152 valence electrons. The lowest BCUT2D eigenvalue weighted by Crippen LogP contribution is -2.33. The first kappa shape index (κ1) is 21.4. The van der Waals surface area contributed by atoms with Crippen molar-refractivity contribution in [1.82, 2.24) is 15.2 Å². The fourth-order valence-electron chi connectivity index (χ4n) is 4.72. The van der Waals surface area contributed by atoms with E-state index in [0.717, 1.165) is 73.0 Å². The maximum atomic E-state index is 13.5. The van der Waals surface area contributed by atoms with Crippen LogP contribution in [0.5, 0.6) is 0 Å². The number of hydrogen-bond acceptors (Lipinski definition) is 3. The Balaban J connectivity index is 0.00000112. The number of hydrogen-bond donors (Lipinski definition) is 1. The standard InChI is InChI=1S/C22H27N3O.2ClH/c1-14-2-5-20-18(10-14)19(11-21(24-20)15-3-4-15)22(26)25-8-6-16-12-23-13-17(16)7-9-25;;/h2,5,10-11,15-17,23H,3-4,6-9,12-13H2,1H3;2*1H/t16-,17+;;. The summed E-state index contributed by atoms with van der Waals surface area (Å²) in [5, 5.41) is 4.53. The van der Waals surface area contributed by atoms with Gasteiger partial charge in [-0.25, -0.2) is 0 Å². The second-order valence-electron chi connectivity index (χ2n) is 8.44. The maximum absolute atomic E-state index is 13.5. The third-order valence-corrected chi connectivity index (χ3v) is 6.52. The van der Waals surface area contributed by atoms with Gasteiger partial charge in [-0.15, -0.1) is 24.8 Å². The number of halogens is 2. The van der Waals surface area contributed by atoms with Gasteiger partial charge in [-0.1, -0.05) is 11.6 Å². The number of carbonyl (C=O) groups is 1. The molecule has 28 heavy (non-hydrogen) atoms. The van der Waals surface area contributed by atoms with Crippen LogP contribution in [-0.4, -0.2) is 42.0 Å². The number of nitrogens with zero attached hydrogens (tertiary/aromatic N) is 2. The van der Waals surface area contributed by atoms with Gasteiger partial charge < -0.3 is 10.2 Å². The Labute approximate surface area is 179 Å². The molecule has 2 aliphatic heterocycles. The lowest BCUT2D eigenvalue weighted by molar-refractivity contribution is 0.0760. The molecular formula is C22H29Cl2N3O. The summed E-state index contributed by atoms with van der Waals surface area (Å²) in [6, 6.07) is 8.39. The summed E-state index contributed by atoms with van der Waals surface area (Å²) in [6.07, 6.45) is 4.66. The number of aromatic nitrogens is 1. The van der Waals surface area contributed by atoms with Crippen LogP contribution in [0.15, 0.2) is 24.3 Å². The van der Waals surface area contributed by atoms with Crippen LogP contribution in [0.1, 0.15) is 53.2 Å². The third kappa shape index (κ3) is 4.00. The van der Waals surface area contributed by atoms with Crippen LogP contribution < -0.4 is 5.32 Å². The van der Waals surface area contributed by atoms with E-state index in [1.165, 1.54) is 18.4 Å². The van der Waals surface area contributed by atoms with E-state index in [9.17, 15) is 4.79 Å². The first-order valence-corrected chi connectivity index (χ1v) is 10.1. The average molecular weight is 422 g/mol. The molecule has 1 aromatic heterocycles. The van der Waals surface area contributed by atoms with Crippen LogP contribution in [0.4, 0.5) is 0 Å². The van der Waals surface area contributed by atoms with Gasteiger partial charge in [-0.05, 0) is 75.7 Å². The lowest BCUT2D eigenvalue weighted by atomic mass is 9.92. The molecule has 1 saturated carbocycles. The van der Waals surface area contributed by atoms with Crippen LogP contribution in [0, 0.1) is 18.8 Å². The lowest BCUT2D eigenvalue weighted by Gasteiger charge is -2.22. The van der Waals surface area contributed by atoms with E-state index in [0.29, 0.717) is 5.92 Å². The molecule has 2 aromatic rings. The summed E-state index contributed by atoms with van der Waals surface area (Å²) >= 11 is 0. The Hall–Kier alpha value is -1.36. The largest absolute Gasteiger partial charge is 0.339 e. The minimum Gasteiger partial charge on any atom is -0.339 e. The highest BCUT2D eigenvalue weighted by atomic mass is 35.5. The zero-order valence-corrected chi connectivity index (χ0v) is 18.0. The molecule has 4 nitrogen and oxygen atoms in total. The van der Waals surface area contributed by atoms with Gasteiger partial charge in [-0.2, -0.15) is 0 Å². The van der Waals surface area contributed by atoms with Crippen molar-refractivity contribution in [3.8, 4) is 0 Å². The van der Waals surface area contributed by atoms with Crippen LogP contribution in [0.2, 0.25) is 0 Å². The van der Waals surface area contributed by atoms with E-state index in [2.05, 4.69) is 41.4 Å². The fourth-order valence-corrected chi connectivity index (χ4v) is 4.72. The monoisotopic (exact) mass is 421 g/mol. The number of benzene rings is 1. The van der Waals surface area contributed by atoms with Crippen molar-refractivity contribution < 1.29 is 4.79 Å². The van der Waals surface area contributed by atoms with Crippen molar-refractivity contribution in [1.29, 1.82) is 0 Å². The smallest absolute Gasteiger partial charge is 0.254 e. The summed E-state index contributed by atoms with van der Waals surface area (Å²) in [5.74, 6) is 2.25. The molecule has 3 fully saturated rings. The number of carbonyl (C=O) groups excluding carboxylic acids is 1. The van der Waals surface area contributed by atoms with E-state index in [1.54, 1.807) is 0 Å². The molecule has 0 unspecified atom stereocenters. The highest BCUT2D eigenvalue weighted by molar-refractivity contribution is 6.06. The molecule has 3 aliphatic rings. The molecule has 1 amide bonds. The molecule has 2 atom stereocenters. The average Bonchev–Trinajstić information content (AvgIpc) is 3.44. The van der Waals surface area contributed by atoms with E-state index in [4.69, 9.17) is 4.98 Å². The number of fused-ring (bicyclic) bond motifs is 2. The number of nitrogens with one attached hydrogen (secondary N) is 1. The fraction of sp³-hybridized carbons (Fsp3) is 0.545. The minimum absolute atomic E-state index is 0. The Morgan fingerprint density at radius 3 is 2.36 bits per heavy atom. The summed E-state index contributed by atoms with van der Waals surface area (Å²) in [6.45, 7) is 6.10. The normalized spacial score (nSPS) is 24.1. The van der Waals surface area contributed by atoms with Crippen molar-refractivity contribution in [2.75, 3.05) is 26.2 Å². The molecule has 1 aromatic carbocycles. The van der Waals surface area contributed by atoms with Crippen LogP contribution in [-0.2, 0) is 0 Å². The molecule has 0 spiro atoms. The first-order chi connectivity index (χ1) is 12.7. The second-order valence-corrected chi connectivity index (χ2v) is 8.44. The first-order valence-electron chi connectivity index (χ1n) is 10.1. The van der Waals surface area contributed by atoms with Crippen molar-refractivity contribution in [2.45, 2.75) is 38.5 Å². The van der Waals surface area contributed by atoms with Crippen molar-refractivity contribution in [3.05, 3.63) is 41.1 Å². The minimum atomic E-state index is 0. The molecule has 0 radical (unpaired) electrons. The Morgan fingerprint density at radius 2 is 1.71 bits per heavy atom. The van der Waals surface area contributed by atoms with Gasteiger partial charge in [0.15, 0.2) is 0 Å². The van der Waals surface area contributed by atoms with Crippen LogP contribution >= 0.6 is 24.8 Å². The zero-order chi connectivity index (χ0) is 17.7. The topological polar surface area (TPSA) is 45.2 Å². The highest BCUT2D eigenvalue weighted by Gasteiger charge is 2.33. The van der Waals surface area contributed by atoms with Gasteiger partial charge in [0.1, 0.15) is 0 Å². The third-order valence-electron chi connectivity index (χ3n) is 6.52. The van der Waals surface area contributed by atoms with Crippen molar-refractivity contribution >= 4 is 41.6 Å². The summed E-state index contributed by atoms with van der Waals surface area (Å²) in [5.41, 5.74) is 4.13. The van der Waals surface area contributed by atoms with E-state index < -0.39 is 0 Å². The molecule has 1 N–H and O–H groups in total. The van der Waals surface area contributed by atoms with Crippen LogP contribution in [0.25, 0.3) is 10.9 Å². The summed E-state index contributed by atoms with van der Waals surface area (Å²) < 4.78 is 0. The zero-order valence-electron chi connectivity index (χ0n) is 16.3. The van der Waals surface area contributed by atoms with Crippen LogP contribution in [0.3, 0.4) is 0 Å². The van der Waals surface area contributed by atoms with Gasteiger partial charge in [0.05, 0.1) is 11.1 Å². The number of rotatable bonds is 2. The Kier molecular flexibility index (Phi) is 6.53. The second kappa shape index (κ2) is 8.56. The quantitative estimate of drug-likeness (QED) is 0.784. The number of aryl methyl sites for hydroxylation is 1. The molecular weight excluding hydrogens is 393 g/mol.